The Kier molecular flexibility index (Phi) is 4.61. The molecule has 1 fully saturated rings. The molecule has 4 nitrogen and oxygen atoms in total. The molecule has 1 aromatic carbocycles. The molecule has 25 heavy (non-hydrogen) atoms. The number of likely N-dealkylation sites (tertiary alicyclic amines) is 1. The molecule has 1 aromatic heterocycles. The monoisotopic (exact) mass is 353 g/mol. The van der Waals surface area contributed by atoms with Gasteiger partial charge in [0.1, 0.15) is 17.7 Å². The third kappa shape index (κ3) is 3.89. The summed E-state index contributed by atoms with van der Waals surface area (Å²) in [5.74, 6) is -1.02. The lowest BCUT2D eigenvalue weighted by Gasteiger charge is -2.19. The van der Waals surface area contributed by atoms with Crippen molar-refractivity contribution in [3.63, 3.8) is 0 Å². The molecule has 0 radical (unpaired) electrons. The molecule has 2 heterocycles. The molecule has 8 heteroatoms. The van der Waals surface area contributed by atoms with E-state index in [1.54, 1.807) is 12.1 Å². The SMILES string of the molecule is O=C1C(Nc2ncccc2C(F)(F)F)CCN1Cc1ccc(F)cc1. The summed E-state index contributed by atoms with van der Waals surface area (Å²) in [6, 6.07) is 7.10. The van der Waals surface area contributed by atoms with Crippen LogP contribution in [0.2, 0.25) is 0 Å². The van der Waals surface area contributed by atoms with E-state index in [2.05, 4.69) is 10.3 Å². The summed E-state index contributed by atoms with van der Waals surface area (Å²) in [6.07, 6.45) is -2.94. The van der Waals surface area contributed by atoms with E-state index < -0.39 is 17.8 Å². The van der Waals surface area contributed by atoms with Crippen molar-refractivity contribution in [2.75, 3.05) is 11.9 Å². The van der Waals surface area contributed by atoms with Crippen molar-refractivity contribution < 1.29 is 22.4 Å². The van der Waals surface area contributed by atoms with Gasteiger partial charge in [-0.15, -0.1) is 0 Å². The van der Waals surface area contributed by atoms with Crippen molar-refractivity contribution >= 4 is 11.7 Å². The predicted molar refractivity (Wildman–Crippen MR) is 83.1 cm³/mol. The van der Waals surface area contributed by atoms with Crippen LogP contribution in [0.4, 0.5) is 23.4 Å². The first-order valence-corrected chi connectivity index (χ1v) is 7.66. The zero-order valence-corrected chi connectivity index (χ0v) is 13.1. The summed E-state index contributed by atoms with van der Waals surface area (Å²) >= 11 is 0. The first kappa shape index (κ1) is 17.2. The lowest BCUT2D eigenvalue weighted by Crippen LogP contribution is -2.34. The fourth-order valence-corrected chi connectivity index (χ4v) is 2.75. The van der Waals surface area contributed by atoms with Gasteiger partial charge in [-0.3, -0.25) is 4.79 Å². The number of pyridine rings is 1. The van der Waals surface area contributed by atoms with Crippen LogP contribution in [0, 0.1) is 5.82 Å². The fraction of sp³-hybridized carbons (Fsp3) is 0.294. The molecule has 1 unspecified atom stereocenters. The van der Waals surface area contributed by atoms with Gasteiger partial charge in [0.05, 0.1) is 5.56 Å². The molecule has 0 spiro atoms. The first-order valence-electron chi connectivity index (χ1n) is 7.66. The third-order valence-corrected chi connectivity index (χ3v) is 4.01. The molecule has 132 valence electrons. The highest BCUT2D eigenvalue weighted by Crippen LogP contribution is 2.34. The van der Waals surface area contributed by atoms with Crippen LogP contribution in [0.25, 0.3) is 0 Å². The Morgan fingerprint density at radius 2 is 1.92 bits per heavy atom. The van der Waals surface area contributed by atoms with Crippen molar-refractivity contribution in [1.82, 2.24) is 9.88 Å². The van der Waals surface area contributed by atoms with Gasteiger partial charge in [-0.05, 0) is 36.2 Å². The van der Waals surface area contributed by atoms with Gasteiger partial charge in [0.15, 0.2) is 0 Å². The average molecular weight is 353 g/mol. The van der Waals surface area contributed by atoms with Gasteiger partial charge in [0, 0.05) is 19.3 Å². The Morgan fingerprint density at radius 3 is 2.60 bits per heavy atom. The second-order valence-corrected chi connectivity index (χ2v) is 5.77. The Hall–Kier alpha value is -2.64. The van der Waals surface area contributed by atoms with Gasteiger partial charge in [0.2, 0.25) is 5.91 Å². The maximum absolute atomic E-state index is 13.0. The van der Waals surface area contributed by atoms with Crippen molar-refractivity contribution in [2.45, 2.75) is 25.2 Å². The van der Waals surface area contributed by atoms with Crippen molar-refractivity contribution in [3.05, 3.63) is 59.5 Å². The summed E-state index contributed by atoms with van der Waals surface area (Å²) in [6.45, 7) is 0.688. The van der Waals surface area contributed by atoms with Crippen molar-refractivity contribution in [2.24, 2.45) is 0 Å². The summed E-state index contributed by atoms with van der Waals surface area (Å²) in [4.78, 5) is 17.7. The number of anilines is 1. The standard InChI is InChI=1S/C17H15F4N3O/c18-12-5-3-11(4-6-12)10-24-9-7-14(16(24)25)23-15-13(17(19,20)21)2-1-8-22-15/h1-6,8,14H,7,9-10H2,(H,22,23). The zero-order chi connectivity index (χ0) is 18.0. The lowest BCUT2D eigenvalue weighted by atomic mass is 10.2. The predicted octanol–water partition coefficient (Wildman–Crippen LogP) is 3.45. The minimum atomic E-state index is -4.55. The van der Waals surface area contributed by atoms with E-state index in [9.17, 15) is 22.4 Å². The zero-order valence-electron chi connectivity index (χ0n) is 13.1. The van der Waals surface area contributed by atoms with E-state index in [1.807, 2.05) is 0 Å². The second-order valence-electron chi connectivity index (χ2n) is 5.77. The summed E-state index contributed by atoms with van der Waals surface area (Å²) in [5, 5.41) is 2.61. The molecule has 3 rings (SSSR count). The smallest absolute Gasteiger partial charge is 0.358 e. The van der Waals surface area contributed by atoms with Crippen LogP contribution in [0.5, 0.6) is 0 Å². The van der Waals surface area contributed by atoms with Gasteiger partial charge in [0.25, 0.3) is 0 Å². The van der Waals surface area contributed by atoms with Gasteiger partial charge in [-0.25, -0.2) is 9.37 Å². The number of hydrogen-bond donors (Lipinski definition) is 1. The van der Waals surface area contributed by atoms with Crippen LogP contribution in [-0.4, -0.2) is 28.4 Å². The highest BCUT2D eigenvalue weighted by molar-refractivity contribution is 5.86. The summed E-state index contributed by atoms with van der Waals surface area (Å²) < 4.78 is 52.0. The molecule has 1 saturated heterocycles. The number of carbonyl (C=O) groups is 1. The van der Waals surface area contributed by atoms with Gasteiger partial charge >= 0.3 is 6.18 Å². The average Bonchev–Trinajstić information content (AvgIpc) is 2.90. The second kappa shape index (κ2) is 6.70. The van der Waals surface area contributed by atoms with Crippen LogP contribution < -0.4 is 5.32 Å². The number of nitrogens with zero attached hydrogens (tertiary/aromatic N) is 2. The number of rotatable bonds is 4. The number of aromatic nitrogens is 1. The van der Waals surface area contributed by atoms with E-state index in [-0.39, 0.29) is 24.1 Å². The Balaban J connectivity index is 1.70. The number of carbonyl (C=O) groups excluding carboxylic acids is 1. The molecule has 0 aliphatic carbocycles. The van der Waals surface area contributed by atoms with Crippen molar-refractivity contribution in [3.8, 4) is 0 Å². The molecule has 0 saturated carbocycles. The Morgan fingerprint density at radius 1 is 1.20 bits per heavy atom. The van der Waals surface area contributed by atoms with Crippen LogP contribution >= 0.6 is 0 Å². The normalized spacial score (nSPS) is 17.8. The van der Waals surface area contributed by atoms with Crippen molar-refractivity contribution in [1.29, 1.82) is 0 Å². The van der Waals surface area contributed by atoms with Gasteiger partial charge in [-0.1, -0.05) is 12.1 Å². The minimum Gasteiger partial charge on any atom is -0.358 e. The Labute approximate surface area is 141 Å². The van der Waals surface area contributed by atoms with Gasteiger partial charge < -0.3 is 10.2 Å². The molecular formula is C17H15F4N3O. The van der Waals surface area contributed by atoms with Crippen LogP contribution in [0.3, 0.4) is 0 Å². The fourth-order valence-electron chi connectivity index (χ4n) is 2.75. The van der Waals surface area contributed by atoms with E-state index in [0.29, 0.717) is 13.0 Å². The maximum atomic E-state index is 13.0. The lowest BCUT2D eigenvalue weighted by molar-refractivity contribution is -0.137. The molecule has 1 amide bonds. The minimum absolute atomic E-state index is 0.283. The number of hydrogen-bond acceptors (Lipinski definition) is 3. The quantitative estimate of drug-likeness (QED) is 0.857. The topological polar surface area (TPSA) is 45.2 Å². The molecular weight excluding hydrogens is 338 g/mol. The van der Waals surface area contributed by atoms with Gasteiger partial charge in [-0.2, -0.15) is 13.2 Å². The summed E-state index contributed by atoms with van der Waals surface area (Å²) in [7, 11) is 0. The van der Waals surface area contributed by atoms with Crippen LogP contribution in [0.15, 0.2) is 42.6 Å². The highest BCUT2D eigenvalue weighted by Gasteiger charge is 2.37. The highest BCUT2D eigenvalue weighted by atomic mass is 19.4. The van der Waals surface area contributed by atoms with E-state index >= 15 is 0 Å². The maximum Gasteiger partial charge on any atom is 0.419 e. The first-order chi connectivity index (χ1) is 11.8. The number of alkyl halides is 3. The number of nitrogens with one attached hydrogen (secondary N) is 1. The van der Waals surface area contributed by atoms with E-state index in [0.717, 1.165) is 11.6 Å². The third-order valence-electron chi connectivity index (χ3n) is 4.01. The molecule has 1 aliphatic heterocycles. The summed E-state index contributed by atoms with van der Waals surface area (Å²) in [5.41, 5.74) is -0.149. The van der Waals surface area contributed by atoms with E-state index in [4.69, 9.17) is 0 Å². The number of amides is 1. The Bertz CT molecular complexity index is 761. The molecule has 1 atom stereocenters. The van der Waals surface area contributed by atoms with Crippen LogP contribution in [-0.2, 0) is 17.5 Å². The molecule has 1 aliphatic rings. The molecule has 1 N–H and O–H groups in total. The number of halogens is 4. The molecule has 2 aromatic rings. The molecule has 0 bridgehead atoms. The largest absolute Gasteiger partial charge is 0.419 e. The van der Waals surface area contributed by atoms with Crippen LogP contribution in [0.1, 0.15) is 17.5 Å². The number of benzene rings is 1. The van der Waals surface area contributed by atoms with E-state index in [1.165, 1.54) is 29.3 Å².